The van der Waals surface area contributed by atoms with Gasteiger partial charge in [-0.25, -0.2) is 0 Å². The number of Topliss-reactive ketones (excluding diaryl/α,β-unsaturated/α-hetero) is 2. The first-order valence-electron chi connectivity index (χ1n) is 37.5. The molecule has 0 saturated carbocycles. The predicted octanol–water partition coefficient (Wildman–Crippen LogP) is -1.56. The minimum atomic E-state index is -1.99. The van der Waals surface area contributed by atoms with Crippen molar-refractivity contribution in [2.45, 2.75) is 156 Å². The third-order valence-electron chi connectivity index (χ3n) is 22.3. The average molecular weight is 1610 g/mol. The number of carbonyl (C=O) groups is 14. The Morgan fingerprint density at radius 1 is 0.509 bits per heavy atom. The molecular weight excluding hydrogens is 1490 g/mol. The third-order valence-corrected chi connectivity index (χ3v) is 22.3. The van der Waals surface area contributed by atoms with E-state index < -0.39 is 201 Å². The Bertz CT molecular complexity index is 4070. The van der Waals surface area contributed by atoms with Crippen molar-refractivity contribution in [2.24, 2.45) is 86.3 Å². The van der Waals surface area contributed by atoms with Crippen LogP contribution in [0.4, 0.5) is 11.4 Å². The van der Waals surface area contributed by atoms with Crippen molar-refractivity contribution in [3.05, 3.63) is 125 Å². The van der Waals surface area contributed by atoms with E-state index in [0.29, 0.717) is 16.7 Å². The van der Waals surface area contributed by atoms with E-state index in [9.17, 15) is 68.1 Å². The zero-order valence-electron chi connectivity index (χ0n) is 69.7. The molecule has 0 spiro atoms. The van der Waals surface area contributed by atoms with Crippen LogP contribution in [0.3, 0.4) is 0 Å². The zero-order valence-corrected chi connectivity index (χ0v) is 75.7. The molecule has 114 heavy (non-hydrogen) atoms. The number of benzene rings is 4. The number of anilines is 2. The first-order chi connectivity index (χ1) is 51.2. The Balaban J connectivity index is 0.0000110. The summed E-state index contributed by atoms with van der Waals surface area (Å²) in [6.45, 7) is 20.9. The van der Waals surface area contributed by atoms with E-state index in [0.717, 1.165) is 21.8 Å². The van der Waals surface area contributed by atoms with Crippen LogP contribution in [0.1, 0.15) is 196 Å². The average Bonchev–Trinajstić information content (AvgIpc) is 1.56. The second-order valence-corrected chi connectivity index (χ2v) is 33.2. The van der Waals surface area contributed by atoms with E-state index in [1.54, 1.807) is 107 Å². The summed E-state index contributed by atoms with van der Waals surface area (Å²) in [6.07, 6.45) is -2.51. The predicted molar refractivity (Wildman–Crippen MR) is 409 cm³/mol. The Hall–Kier alpha value is -7.14. The Morgan fingerprint density at radius 2 is 0.921 bits per heavy atom. The SMILES string of the molecule is C.CCOC(=O)C(C(CC(C)(C)C1C(=O)OC(=O)C1C)C(=O)[O-])C(C)(C)CC1C(=O)N(CCCNC(=O)c2ccc(N(C)C)cc2)C(=O)C1C(C)(C)CC(C(=O)[O-])C(C(=O)NCCCNC(=O)c1ccc(N(C)C)cc1)C(C)(C)CC(C(=O)[O-])C(C(=O)Oc1ccc(C(=O)CC(=O)c2ccc(C)cc2)cc1)C(C)(C)CC.[Na+].[Na+].[Na+]. The number of nitrogens with zero attached hydrogens (tertiary/aromatic N) is 3. The van der Waals surface area contributed by atoms with Gasteiger partial charge in [-0.15, -0.1) is 0 Å². The number of nitrogens with one attached hydrogen (secondary N) is 3. The number of hydrogen-bond acceptors (Lipinski definition) is 22. The molecule has 10 unspecified atom stereocenters. The van der Waals surface area contributed by atoms with Crippen molar-refractivity contribution in [1.82, 2.24) is 20.9 Å². The maximum Gasteiger partial charge on any atom is 1.00 e. The molecule has 5 amide bonds. The molecule has 4 aromatic rings. The minimum Gasteiger partial charge on any atom is -0.550 e. The molecule has 0 radical (unpaired) electrons. The summed E-state index contributed by atoms with van der Waals surface area (Å²) in [7, 11) is 7.36. The molecule has 0 aliphatic carbocycles. The maximum atomic E-state index is 15.7. The van der Waals surface area contributed by atoms with E-state index in [1.165, 1.54) is 79.7 Å². The van der Waals surface area contributed by atoms with Gasteiger partial charge in [0.25, 0.3) is 11.8 Å². The van der Waals surface area contributed by atoms with Crippen molar-refractivity contribution in [3.8, 4) is 5.75 Å². The molecule has 0 aromatic heterocycles. The van der Waals surface area contributed by atoms with Gasteiger partial charge in [0.1, 0.15) is 5.75 Å². The van der Waals surface area contributed by atoms with Crippen molar-refractivity contribution in [3.63, 3.8) is 0 Å². The molecule has 6 rings (SSSR count). The molecule has 3 N–H and O–H groups in total. The number of ether oxygens (including phenoxy) is 3. The minimum absolute atomic E-state index is 0. The molecule has 0 bridgehead atoms. The Kier molecular flexibility index (Phi) is 39.6. The van der Waals surface area contributed by atoms with Gasteiger partial charge in [0.15, 0.2) is 11.6 Å². The van der Waals surface area contributed by atoms with Gasteiger partial charge in [-0.05, 0) is 152 Å². The van der Waals surface area contributed by atoms with Crippen LogP contribution in [0, 0.1) is 93.2 Å². The van der Waals surface area contributed by atoms with Gasteiger partial charge in [0.05, 0.1) is 54.5 Å². The quantitative estimate of drug-likeness (QED) is 0.00860. The van der Waals surface area contributed by atoms with Crippen LogP contribution < -0.4 is 134 Å². The summed E-state index contributed by atoms with van der Waals surface area (Å²) < 4.78 is 16.5. The van der Waals surface area contributed by atoms with E-state index in [1.807, 2.05) is 44.9 Å². The van der Waals surface area contributed by atoms with Gasteiger partial charge in [-0.1, -0.05) is 127 Å². The van der Waals surface area contributed by atoms with Crippen LogP contribution in [-0.2, 0) is 57.4 Å². The fourth-order valence-corrected chi connectivity index (χ4v) is 16.1. The first kappa shape index (κ1) is 103. The number of cyclic esters (lactones) is 2. The van der Waals surface area contributed by atoms with Crippen LogP contribution >= 0.6 is 0 Å². The van der Waals surface area contributed by atoms with Gasteiger partial charge >= 0.3 is 113 Å². The van der Waals surface area contributed by atoms with Gasteiger partial charge in [0, 0.05) is 124 Å². The van der Waals surface area contributed by atoms with Crippen LogP contribution in [0.25, 0.3) is 0 Å². The molecule has 2 fully saturated rings. The Morgan fingerprint density at radius 3 is 1.35 bits per heavy atom. The van der Waals surface area contributed by atoms with E-state index >= 15 is 14.4 Å². The second kappa shape index (κ2) is 43.9. The number of likely N-dealkylation sites (tertiary alicyclic amines) is 1. The number of esters is 4. The number of carbonyl (C=O) groups excluding carboxylic acids is 14. The van der Waals surface area contributed by atoms with E-state index in [4.69, 9.17) is 14.2 Å². The number of imide groups is 1. The smallest absolute Gasteiger partial charge is 0.550 e. The fourth-order valence-electron chi connectivity index (χ4n) is 16.1. The maximum absolute atomic E-state index is 15.7. The largest absolute Gasteiger partial charge is 1.00 e. The molecule has 26 nitrogen and oxygen atoms in total. The van der Waals surface area contributed by atoms with Crippen LogP contribution in [-0.4, -0.2) is 149 Å². The number of aryl methyl sites for hydroxylation is 1. The molecule has 10 atom stereocenters. The molecule has 2 aliphatic heterocycles. The molecule has 2 heterocycles. The number of carboxylic acid groups (broad SMARTS) is 3. The van der Waals surface area contributed by atoms with Crippen LogP contribution in [0.5, 0.6) is 5.75 Å². The number of amides is 5. The summed E-state index contributed by atoms with van der Waals surface area (Å²) in [5.74, 6) is -29.8. The summed E-state index contributed by atoms with van der Waals surface area (Å²) >= 11 is 0. The number of rotatable bonds is 41. The van der Waals surface area contributed by atoms with Crippen molar-refractivity contribution in [1.29, 1.82) is 0 Å². The van der Waals surface area contributed by atoms with Crippen LogP contribution in [0.15, 0.2) is 97.1 Å². The number of carboxylic acids is 3. The second-order valence-electron chi connectivity index (χ2n) is 33.2. The Labute approximate surface area is 737 Å². The number of aliphatic carboxylic acids is 3. The van der Waals surface area contributed by atoms with Crippen molar-refractivity contribution >= 4 is 94.3 Å². The van der Waals surface area contributed by atoms with Gasteiger partial charge < -0.3 is 69.7 Å². The zero-order chi connectivity index (χ0) is 82.5. The molecule has 4 aromatic carbocycles. The van der Waals surface area contributed by atoms with Gasteiger partial charge in [-0.2, -0.15) is 0 Å². The molecule has 606 valence electrons. The number of hydrogen-bond donors (Lipinski definition) is 3. The molecule has 2 aliphatic rings. The normalized spacial score (nSPS) is 17.2. The molecular formula is C85H113N6Na3O20. The van der Waals surface area contributed by atoms with Gasteiger partial charge in [0.2, 0.25) is 17.7 Å². The third kappa shape index (κ3) is 26.2. The van der Waals surface area contributed by atoms with Crippen molar-refractivity contribution in [2.75, 3.05) is 70.8 Å². The standard InChI is InChI=1S/C84H112N6O20.CH4.3Na/c1-19-80(5,6)67(79(107)109-56-37-31-51(32-38-56)62(92)43-61(91)50-25-23-48(3)24-26-50)60(75(102)103)47-82(9,10)64(70(95)87-40-21-39-85-68(93)52-27-33-54(34-28-52)88(15)16)58(73(98)99)45-83(11,12)65-57(71(96)90(72(65)97)42-22-41-86-69(94)53-29-35-55(36-30-53)89(17)18)44-84(13,14)66(77(105)108-20-2)59(74(100)101)46-81(7,8)63-49(4)76(104)110-78(63)106;;;;/h23-38,49,57-60,63-67H,19-22,39-47H2,1-18H3,(H,85,93)(H,86,94)(H,87,95)(H,98,99)(H,100,101)(H,102,103);1H4;;;/q;;3*+1/p-3. The summed E-state index contributed by atoms with van der Waals surface area (Å²) in [5, 5.41) is 50.6. The van der Waals surface area contributed by atoms with Crippen molar-refractivity contribution < 1.29 is 185 Å². The van der Waals surface area contributed by atoms with Crippen LogP contribution in [0.2, 0.25) is 0 Å². The monoisotopic (exact) mass is 1610 g/mol. The first-order valence-corrected chi connectivity index (χ1v) is 37.5. The van der Waals surface area contributed by atoms with E-state index in [-0.39, 0.29) is 159 Å². The van der Waals surface area contributed by atoms with E-state index in [2.05, 4.69) is 16.0 Å². The van der Waals surface area contributed by atoms with Gasteiger partial charge in [-0.3, -0.25) is 57.6 Å². The molecule has 2 saturated heterocycles. The summed E-state index contributed by atoms with van der Waals surface area (Å²) in [4.78, 5) is 202. The summed E-state index contributed by atoms with van der Waals surface area (Å²) in [5.41, 5.74) is -4.16. The molecule has 29 heteroatoms. The summed E-state index contributed by atoms with van der Waals surface area (Å²) in [6, 6.07) is 25.6. The fraction of sp³-hybridized carbons (Fsp3) is 0.553. The number of ketones is 2. The topological polar surface area (TPSA) is 382 Å².